The van der Waals surface area contributed by atoms with Gasteiger partial charge in [-0.25, -0.2) is 4.79 Å². The fourth-order valence-electron chi connectivity index (χ4n) is 3.78. The summed E-state index contributed by atoms with van der Waals surface area (Å²) in [4.78, 5) is 11.3. The first-order valence-electron chi connectivity index (χ1n) is 7.80. The van der Waals surface area contributed by atoms with Crippen molar-refractivity contribution in [3.05, 3.63) is 74.7 Å². The molecule has 3 atom stereocenters. The molecule has 4 rings (SSSR count). The zero-order valence-corrected chi connectivity index (χ0v) is 15.0. The molecule has 2 N–H and O–H groups in total. The molecule has 2 aromatic carbocycles. The van der Waals surface area contributed by atoms with Crippen LogP contribution in [0.5, 0.6) is 0 Å². The molecular formula is C19H15BrClNO2. The minimum absolute atomic E-state index is 0.152. The van der Waals surface area contributed by atoms with Gasteiger partial charge in [0.25, 0.3) is 0 Å². The van der Waals surface area contributed by atoms with Crippen molar-refractivity contribution in [1.29, 1.82) is 0 Å². The third-order valence-corrected chi connectivity index (χ3v) is 5.72. The minimum Gasteiger partial charge on any atom is -0.478 e. The first kappa shape index (κ1) is 15.7. The lowest BCUT2D eigenvalue weighted by Gasteiger charge is -2.38. The Morgan fingerprint density at radius 2 is 2.00 bits per heavy atom. The number of carboxylic acids is 1. The van der Waals surface area contributed by atoms with Crippen molar-refractivity contribution in [2.24, 2.45) is 5.92 Å². The Labute approximate surface area is 153 Å². The first-order valence-corrected chi connectivity index (χ1v) is 8.97. The molecule has 3 nitrogen and oxygen atoms in total. The predicted octanol–water partition coefficient (Wildman–Crippen LogP) is 5.63. The van der Waals surface area contributed by atoms with Crippen LogP contribution in [0.1, 0.15) is 39.9 Å². The van der Waals surface area contributed by atoms with Crippen molar-refractivity contribution in [2.75, 3.05) is 5.32 Å². The van der Waals surface area contributed by atoms with Crippen LogP contribution in [0.4, 0.5) is 5.69 Å². The number of halogens is 2. The number of anilines is 1. The smallest absolute Gasteiger partial charge is 0.335 e. The number of hydrogen-bond donors (Lipinski definition) is 2. The molecule has 0 saturated carbocycles. The summed E-state index contributed by atoms with van der Waals surface area (Å²) in [7, 11) is 0. The topological polar surface area (TPSA) is 49.3 Å². The van der Waals surface area contributed by atoms with Gasteiger partial charge in [-0.3, -0.25) is 0 Å². The third-order valence-electron chi connectivity index (χ3n) is 4.90. The number of benzene rings is 2. The third kappa shape index (κ3) is 2.54. The van der Waals surface area contributed by atoms with Crippen LogP contribution < -0.4 is 5.32 Å². The SMILES string of the molecule is O=C(O)c1cc(Cl)c2c(c1)[C@@H]1C=CC[C@@H]1[C@@H](c1ccc(Br)cc1)N2. The van der Waals surface area contributed by atoms with E-state index in [2.05, 4.69) is 45.5 Å². The quantitative estimate of drug-likeness (QED) is 0.638. The van der Waals surface area contributed by atoms with Gasteiger partial charge in [0.2, 0.25) is 0 Å². The molecule has 0 amide bonds. The highest BCUT2D eigenvalue weighted by atomic mass is 79.9. The molecule has 0 spiro atoms. The maximum atomic E-state index is 11.3. The van der Waals surface area contributed by atoms with E-state index in [0.29, 0.717) is 10.9 Å². The zero-order chi connectivity index (χ0) is 16.8. The summed E-state index contributed by atoms with van der Waals surface area (Å²) in [5.41, 5.74) is 3.28. The summed E-state index contributed by atoms with van der Waals surface area (Å²) in [5.74, 6) is -0.404. The van der Waals surface area contributed by atoms with Gasteiger partial charge in [0.05, 0.1) is 22.3 Å². The van der Waals surface area contributed by atoms with Crippen LogP contribution in [0.25, 0.3) is 0 Å². The van der Waals surface area contributed by atoms with Crippen molar-refractivity contribution >= 4 is 39.2 Å². The van der Waals surface area contributed by atoms with Crippen LogP contribution in [0.3, 0.4) is 0 Å². The molecule has 1 aliphatic heterocycles. The molecule has 24 heavy (non-hydrogen) atoms. The molecule has 0 radical (unpaired) electrons. The van der Waals surface area contributed by atoms with Gasteiger partial charge in [-0.1, -0.05) is 51.8 Å². The average Bonchev–Trinajstić information content (AvgIpc) is 3.05. The Balaban J connectivity index is 1.82. The Morgan fingerprint density at radius 1 is 1.25 bits per heavy atom. The summed E-state index contributed by atoms with van der Waals surface area (Å²) in [6, 6.07) is 11.7. The molecule has 1 heterocycles. The van der Waals surface area contributed by atoms with E-state index in [1.54, 1.807) is 6.07 Å². The molecule has 2 aliphatic rings. The molecule has 0 unspecified atom stereocenters. The highest BCUT2D eigenvalue weighted by Crippen LogP contribution is 2.51. The first-order chi connectivity index (χ1) is 11.5. The minimum atomic E-state index is -0.951. The standard InChI is InChI=1S/C19H15BrClNO2/c20-12-6-4-10(5-7-12)17-14-3-1-2-13(14)15-8-11(19(23)24)9-16(21)18(15)22-17/h1-2,4-9,13-14,17,22H,3H2,(H,23,24)/t13-,14+,17-/m1/s1. The van der Waals surface area contributed by atoms with Gasteiger partial charge in [0, 0.05) is 10.4 Å². The summed E-state index contributed by atoms with van der Waals surface area (Å²) < 4.78 is 1.05. The van der Waals surface area contributed by atoms with Gasteiger partial charge >= 0.3 is 5.97 Å². The molecule has 2 aromatic rings. The lowest BCUT2D eigenvalue weighted by atomic mass is 9.76. The van der Waals surface area contributed by atoms with E-state index in [-0.39, 0.29) is 17.5 Å². The fourth-order valence-corrected chi connectivity index (χ4v) is 4.32. The molecular weight excluding hydrogens is 390 g/mol. The number of nitrogens with one attached hydrogen (secondary N) is 1. The molecule has 0 aromatic heterocycles. The highest BCUT2D eigenvalue weighted by Gasteiger charge is 2.39. The van der Waals surface area contributed by atoms with Gasteiger partial charge in [-0.15, -0.1) is 0 Å². The zero-order valence-electron chi connectivity index (χ0n) is 12.7. The Hall–Kier alpha value is -1.78. The van der Waals surface area contributed by atoms with E-state index in [4.69, 9.17) is 11.6 Å². The normalized spacial score (nSPS) is 24.2. The van der Waals surface area contributed by atoms with E-state index in [0.717, 1.165) is 22.1 Å². The van der Waals surface area contributed by atoms with Crippen molar-refractivity contribution in [2.45, 2.75) is 18.4 Å². The Morgan fingerprint density at radius 3 is 2.71 bits per heavy atom. The highest BCUT2D eigenvalue weighted by molar-refractivity contribution is 9.10. The summed E-state index contributed by atoms with van der Waals surface area (Å²) in [5, 5.41) is 13.3. The number of carbonyl (C=O) groups is 1. The van der Waals surface area contributed by atoms with E-state index in [1.807, 2.05) is 12.1 Å². The molecule has 5 heteroatoms. The van der Waals surface area contributed by atoms with Crippen LogP contribution in [0.2, 0.25) is 5.02 Å². The van der Waals surface area contributed by atoms with E-state index >= 15 is 0 Å². The number of fused-ring (bicyclic) bond motifs is 3. The number of hydrogen-bond acceptors (Lipinski definition) is 2. The summed E-state index contributed by atoms with van der Waals surface area (Å²) in [6.45, 7) is 0. The van der Waals surface area contributed by atoms with Crippen molar-refractivity contribution in [3.8, 4) is 0 Å². The maximum Gasteiger partial charge on any atom is 0.335 e. The second-order valence-corrected chi connectivity index (χ2v) is 7.58. The van der Waals surface area contributed by atoms with Gasteiger partial charge in [0.15, 0.2) is 0 Å². The second-order valence-electron chi connectivity index (χ2n) is 6.25. The monoisotopic (exact) mass is 403 g/mol. The second kappa shape index (κ2) is 5.94. The number of rotatable bonds is 2. The number of allylic oxidation sites excluding steroid dienone is 2. The van der Waals surface area contributed by atoms with Crippen molar-refractivity contribution in [1.82, 2.24) is 0 Å². The Bertz CT molecular complexity index is 847. The Kier molecular flexibility index (Phi) is 3.89. The van der Waals surface area contributed by atoms with Crippen LogP contribution in [-0.4, -0.2) is 11.1 Å². The molecule has 0 saturated heterocycles. The van der Waals surface area contributed by atoms with Gasteiger partial charge in [-0.2, -0.15) is 0 Å². The van der Waals surface area contributed by atoms with Gasteiger partial charge < -0.3 is 10.4 Å². The van der Waals surface area contributed by atoms with Crippen LogP contribution in [0.15, 0.2) is 53.0 Å². The van der Waals surface area contributed by atoms with Crippen LogP contribution >= 0.6 is 27.5 Å². The fraction of sp³-hybridized carbons (Fsp3) is 0.211. The molecule has 0 fully saturated rings. The van der Waals surface area contributed by atoms with Crippen molar-refractivity contribution in [3.63, 3.8) is 0 Å². The molecule has 122 valence electrons. The van der Waals surface area contributed by atoms with Crippen LogP contribution in [0, 0.1) is 5.92 Å². The largest absolute Gasteiger partial charge is 0.478 e. The lowest BCUT2D eigenvalue weighted by Crippen LogP contribution is -2.29. The number of aromatic carboxylic acids is 1. The molecule has 0 bridgehead atoms. The summed E-state index contributed by atoms with van der Waals surface area (Å²) >= 11 is 9.88. The van der Waals surface area contributed by atoms with Crippen molar-refractivity contribution < 1.29 is 9.90 Å². The predicted molar refractivity (Wildman–Crippen MR) is 98.9 cm³/mol. The van der Waals surface area contributed by atoms with E-state index < -0.39 is 5.97 Å². The van der Waals surface area contributed by atoms with E-state index in [9.17, 15) is 9.90 Å². The van der Waals surface area contributed by atoms with Crippen LogP contribution in [-0.2, 0) is 0 Å². The molecule has 1 aliphatic carbocycles. The average molecular weight is 405 g/mol. The van der Waals surface area contributed by atoms with Gasteiger partial charge in [0.1, 0.15) is 0 Å². The van der Waals surface area contributed by atoms with E-state index in [1.165, 1.54) is 11.6 Å². The lowest BCUT2D eigenvalue weighted by molar-refractivity contribution is 0.0696. The maximum absolute atomic E-state index is 11.3. The summed E-state index contributed by atoms with van der Waals surface area (Å²) in [6.07, 6.45) is 5.32. The number of carboxylic acid groups (broad SMARTS) is 1. The van der Waals surface area contributed by atoms with Gasteiger partial charge in [-0.05, 0) is 47.7 Å².